The van der Waals surface area contributed by atoms with Crippen LogP contribution in [0.2, 0.25) is 0 Å². The molecule has 0 radical (unpaired) electrons. The fraction of sp³-hybridized carbons (Fsp3) is 0.469. The van der Waals surface area contributed by atoms with Crippen LogP contribution >= 0.6 is 0 Å². The van der Waals surface area contributed by atoms with Gasteiger partial charge in [0.15, 0.2) is 0 Å². The molecule has 3 aliphatic rings. The minimum Gasteiger partial charge on any atom is -0.499 e. The van der Waals surface area contributed by atoms with Gasteiger partial charge in [-0.3, -0.25) is 0 Å². The molecule has 2 aromatic rings. The van der Waals surface area contributed by atoms with Crippen molar-refractivity contribution < 1.29 is 9.13 Å². The van der Waals surface area contributed by atoms with Crippen LogP contribution in [0, 0.1) is 5.82 Å². The summed E-state index contributed by atoms with van der Waals surface area (Å²) in [4.78, 5) is 7.28. The van der Waals surface area contributed by atoms with Gasteiger partial charge in [0.1, 0.15) is 11.7 Å². The van der Waals surface area contributed by atoms with Crippen molar-refractivity contribution in [2.75, 3.05) is 13.7 Å². The van der Waals surface area contributed by atoms with E-state index in [2.05, 4.69) is 84.1 Å². The highest BCUT2D eigenvalue weighted by Crippen LogP contribution is 2.40. The second-order valence-electron chi connectivity index (χ2n) is 15.8. The Labute approximate surface area is 343 Å². The van der Waals surface area contributed by atoms with Crippen molar-refractivity contribution in [3.63, 3.8) is 0 Å². The highest BCUT2D eigenvalue weighted by Gasteiger charge is 2.38. The van der Waals surface area contributed by atoms with E-state index in [1.165, 1.54) is 82.8 Å². The molecule has 2 heterocycles. The van der Waals surface area contributed by atoms with Gasteiger partial charge in [-0.1, -0.05) is 139 Å². The van der Waals surface area contributed by atoms with Gasteiger partial charge in [-0.25, -0.2) is 9.38 Å². The van der Waals surface area contributed by atoms with Crippen molar-refractivity contribution in [1.29, 1.82) is 0 Å². The zero-order chi connectivity index (χ0) is 41.2. The number of unbranched alkanes of at least 4 members (excludes halogenated alkanes) is 10. The number of allylic oxidation sites excluding steroid dienone is 3. The molecule has 2 aliphatic heterocycles. The molecule has 1 aliphatic carbocycles. The summed E-state index contributed by atoms with van der Waals surface area (Å²) in [5.74, 6) is 1.52. The molecule has 2 aromatic carbocycles. The summed E-state index contributed by atoms with van der Waals surface area (Å²) in [6.45, 7) is 24.2. The van der Waals surface area contributed by atoms with Crippen LogP contribution in [0.5, 0.6) is 0 Å². The SMILES string of the molecule is C=C(CCCCCCCCCCCCC)OCC.C=C(NC(C)(C)C1=NC(C(=C)NCc2ccc(F)cc2)=C2CC(c3ccccc3)=C=C2N1C)C1=NN=C(C)C1. The van der Waals surface area contributed by atoms with E-state index < -0.39 is 5.54 Å². The molecular weight excluding hydrogens is 708 g/mol. The maximum Gasteiger partial charge on any atom is 0.135 e. The molecule has 0 fully saturated rings. The molecule has 7 nitrogen and oxygen atoms in total. The van der Waals surface area contributed by atoms with Crippen molar-refractivity contribution in [2.24, 2.45) is 15.2 Å². The van der Waals surface area contributed by atoms with Crippen molar-refractivity contribution in [3.05, 3.63) is 131 Å². The Morgan fingerprint density at radius 1 is 0.842 bits per heavy atom. The van der Waals surface area contributed by atoms with Crippen LogP contribution in [0.3, 0.4) is 0 Å². The molecule has 0 unspecified atom stereocenters. The Balaban J connectivity index is 0.000000339. The normalized spacial score (nSPS) is 14.7. The van der Waals surface area contributed by atoms with E-state index in [0.717, 1.165) is 75.4 Å². The number of nitrogens with one attached hydrogen (secondary N) is 2. The predicted molar refractivity (Wildman–Crippen MR) is 239 cm³/mol. The maximum absolute atomic E-state index is 13.4. The largest absolute Gasteiger partial charge is 0.499 e. The molecule has 57 heavy (non-hydrogen) atoms. The van der Waals surface area contributed by atoms with Crippen molar-refractivity contribution in [2.45, 2.75) is 137 Å². The van der Waals surface area contributed by atoms with Crippen molar-refractivity contribution in [1.82, 2.24) is 15.5 Å². The first-order valence-electron chi connectivity index (χ1n) is 21.1. The van der Waals surface area contributed by atoms with Gasteiger partial charge >= 0.3 is 0 Å². The Kier molecular flexibility index (Phi) is 17.8. The average molecular weight is 775 g/mol. The van der Waals surface area contributed by atoms with E-state index in [1.807, 2.05) is 39.1 Å². The van der Waals surface area contributed by atoms with E-state index in [1.54, 1.807) is 12.1 Å². The maximum atomic E-state index is 13.4. The first kappa shape index (κ1) is 44.8. The molecule has 5 rings (SSSR count). The fourth-order valence-electron chi connectivity index (χ4n) is 7.27. The lowest BCUT2D eigenvalue weighted by Gasteiger charge is -2.39. The lowest BCUT2D eigenvalue weighted by Crippen LogP contribution is -2.54. The molecule has 0 saturated heterocycles. The molecule has 8 heteroatoms. The average Bonchev–Trinajstić information content (AvgIpc) is 3.85. The van der Waals surface area contributed by atoms with Gasteiger partial charge in [0.05, 0.1) is 46.4 Å². The lowest BCUT2D eigenvalue weighted by atomic mass is 9.95. The molecule has 0 spiro atoms. The molecular formula is C49H67FN6O. The molecule has 2 N–H and O–H groups in total. The van der Waals surface area contributed by atoms with E-state index in [9.17, 15) is 4.39 Å². The van der Waals surface area contributed by atoms with Crippen LogP contribution < -0.4 is 10.6 Å². The monoisotopic (exact) mass is 775 g/mol. The highest BCUT2D eigenvalue weighted by molar-refractivity contribution is 6.14. The summed E-state index contributed by atoms with van der Waals surface area (Å²) in [6, 6.07) is 16.8. The number of aliphatic imine (C=N–C) groups is 1. The van der Waals surface area contributed by atoms with E-state index in [-0.39, 0.29) is 5.82 Å². The third kappa shape index (κ3) is 13.9. The van der Waals surface area contributed by atoms with Crippen LogP contribution in [-0.2, 0) is 11.3 Å². The number of hydrogen-bond acceptors (Lipinski definition) is 7. The summed E-state index contributed by atoms with van der Waals surface area (Å²) in [5, 5.41) is 15.4. The Morgan fingerprint density at radius 3 is 2.07 bits per heavy atom. The second-order valence-corrected chi connectivity index (χ2v) is 15.8. The highest BCUT2D eigenvalue weighted by atomic mass is 19.1. The molecule has 0 amide bonds. The summed E-state index contributed by atoms with van der Waals surface area (Å²) in [7, 11) is 2.02. The van der Waals surface area contributed by atoms with Crippen LogP contribution in [0.15, 0.2) is 129 Å². The van der Waals surface area contributed by atoms with Gasteiger partial charge in [-0.15, -0.1) is 0 Å². The number of likely N-dealkylation sites (N-methyl/N-ethyl adjacent to an activating group) is 1. The summed E-state index contributed by atoms with van der Waals surface area (Å²) < 4.78 is 18.7. The number of hydrogen-bond donors (Lipinski definition) is 2. The number of ether oxygens (including phenoxy) is 1. The Hall–Kier alpha value is -4.94. The summed E-state index contributed by atoms with van der Waals surface area (Å²) in [5.41, 5.74) is 12.3. The first-order valence-corrected chi connectivity index (χ1v) is 21.1. The van der Waals surface area contributed by atoms with Crippen LogP contribution in [0.25, 0.3) is 5.57 Å². The number of benzene rings is 2. The first-order chi connectivity index (χ1) is 27.4. The minimum absolute atomic E-state index is 0.256. The Morgan fingerprint density at radius 2 is 1.47 bits per heavy atom. The van der Waals surface area contributed by atoms with E-state index >= 15 is 0 Å². The zero-order valence-electron chi connectivity index (χ0n) is 35.7. The lowest BCUT2D eigenvalue weighted by molar-refractivity contribution is 0.218. The smallest absolute Gasteiger partial charge is 0.135 e. The molecule has 306 valence electrons. The zero-order valence-corrected chi connectivity index (χ0v) is 35.7. The van der Waals surface area contributed by atoms with Crippen LogP contribution in [-0.4, -0.2) is 41.4 Å². The van der Waals surface area contributed by atoms with Crippen LogP contribution in [0.1, 0.15) is 136 Å². The molecule has 0 aromatic heterocycles. The Bertz CT molecular complexity index is 1880. The molecule has 0 saturated carbocycles. The third-order valence-electron chi connectivity index (χ3n) is 10.4. The van der Waals surface area contributed by atoms with Crippen molar-refractivity contribution >= 4 is 22.8 Å². The van der Waals surface area contributed by atoms with Gasteiger partial charge in [-0.05, 0) is 57.4 Å². The summed E-state index contributed by atoms with van der Waals surface area (Å²) >= 11 is 0. The van der Waals surface area contributed by atoms with Gasteiger partial charge in [0, 0.05) is 49.7 Å². The topological polar surface area (TPSA) is 73.6 Å². The number of nitrogens with zero attached hydrogens (tertiary/aromatic N) is 4. The van der Waals surface area contributed by atoms with Gasteiger partial charge in [0.25, 0.3) is 0 Å². The number of rotatable bonds is 23. The number of fused-ring (bicyclic) bond motifs is 1. The fourth-order valence-corrected chi connectivity index (χ4v) is 7.27. The number of halogens is 1. The van der Waals surface area contributed by atoms with Gasteiger partial charge in [0.2, 0.25) is 0 Å². The third-order valence-corrected chi connectivity index (χ3v) is 10.4. The molecule has 0 bridgehead atoms. The van der Waals surface area contributed by atoms with Gasteiger partial charge < -0.3 is 20.3 Å². The second kappa shape index (κ2) is 22.7. The standard InChI is InChI=1S/C32H33FN6.C17H34O/c1-20-16-28(38-37-20)21(2)36-32(4,5)31-35-30(22(3)34-19-23-12-14-26(33)15-13-23)27-17-25(18-29(27)39(31)6)24-10-8-7-9-11-24;1-4-6-7-8-9-10-11-12-13-14-15-16-17(3)18-5-2/h7-15,34,36H,2-3,16-17,19H2,1,4-6H3;3-16H2,1-2H3. The van der Waals surface area contributed by atoms with Crippen molar-refractivity contribution in [3.8, 4) is 0 Å². The number of amidine groups is 1. The summed E-state index contributed by atoms with van der Waals surface area (Å²) in [6.07, 6.45) is 17.8. The van der Waals surface area contributed by atoms with E-state index in [4.69, 9.17) is 9.73 Å². The van der Waals surface area contributed by atoms with Crippen LogP contribution in [0.4, 0.5) is 4.39 Å². The quantitative estimate of drug-likeness (QED) is 0.0670. The predicted octanol–water partition coefficient (Wildman–Crippen LogP) is 12.3. The minimum atomic E-state index is -0.594. The van der Waals surface area contributed by atoms with E-state index in [0.29, 0.717) is 25.1 Å². The molecule has 0 atom stereocenters. The van der Waals surface area contributed by atoms with Gasteiger partial charge in [-0.2, -0.15) is 10.2 Å².